The SMILES string of the molecule is Cc1cc(C)n(CC2CCCN2C(=O)C(C)OCC2CCCCO2)n1. The zero-order valence-electron chi connectivity index (χ0n) is 15.7. The van der Waals surface area contributed by atoms with Crippen LogP contribution < -0.4 is 0 Å². The molecule has 3 atom stereocenters. The summed E-state index contributed by atoms with van der Waals surface area (Å²) in [4.78, 5) is 14.8. The fourth-order valence-corrected chi connectivity index (χ4v) is 3.87. The molecule has 0 aromatic carbocycles. The second-order valence-electron chi connectivity index (χ2n) is 7.40. The Labute approximate surface area is 150 Å². The third-order valence-corrected chi connectivity index (χ3v) is 5.30. The van der Waals surface area contributed by atoms with E-state index in [1.807, 2.05) is 23.4 Å². The average Bonchev–Trinajstić information content (AvgIpc) is 3.19. The maximum atomic E-state index is 12.8. The van der Waals surface area contributed by atoms with Crippen molar-refractivity contribution >= 4 is 5.91 Å². The number of ether oxygens (including phenoxy) is 2. The largest absolute Gasteiger partial charge is 0.376 e. The smallest absolute Gasteiger partial charge is 0.251 e. The van der Waals surface area contributed by atoms with E-state index in [-0.39, 0.29) is 18.1 Å². The number of likely N-dealkylation sites (tertiary alicyclic amines) is 1. The number of nitrogens with zero attached hydrogens (tertiary/aromatic N) is 3. The van der Waals surface area contributed by atoms with Crippen LogP contribution in [0.25, 0.3) is 0 Å². The third kappa shape index (κ3) is 4.61. The van der Waals surface area contributed by atoms with Gasteiger partial charge in [-0.05, 0) is 58.9 Å². The van der Waals surface area contributed by atoms with Crippen molar-refractivity contribution in [2.24, 2.45) is 0 Å². The van der Waals surface area contributed by atoms with Crippen LogP contribution in [0.5, 0.6) is 0 Å². The van der Waals surface area contributed by atoms with Crippen LogP contribution in [0.2, 0.25) is 0 Å². The summed E-state index contributed by atoms with van der Waals surface area (Å²) in [5.74, 6) is 0.0971. The molecule has 2 aliphatic heterocycles. The van der Waals surface area contributed by atoms with Gasteiger partial charge in [-0.1, -0.05) is 0 Å². The van der Waals surface area contributed by atoms with Gasteiger partial charge < -0.3 is 14.4 Å². The highest BCUT2D eigenvalue weighted by Crippen LogP contribution is 2.22. The average molecular weight is 349 g/mol. The first-order valence-corrected chi connectivity index (χ1v) is 9.59. The van der Waals surface area contributed by atoms with Gasteiger partial charge in [-0.2, -0.15) is 5.10 Å². The van der Waals surface area contributed by atoms with E-state index < -0.39 is 6.10 Å². The molecule has 3 rings (SSSR count). The number of hydrogen-bond acceptors (Lipinski definition) is 4. The molecule has 1 aromatic rings. The summed E-state index contributed by atoms with van der Waals surface area (Å²) in [5.41, 5.74) is 2.17. The molecule has 0 aliphatic carbocycles. The van der Waals surface area contributed by atoms with E-state index in [0.717, 1.165) is 56.8 Å². The van der Waals surface area contributed by atoms with Crippen molar-refractivity contribution in [2.45, 2.75) is 77.7 Å². The number of hydrogen-bond donors (Lipinski definition) is 0. The molecular formula is C19H31N3O3. The van der Waals surface area contributed by atoms with Crippen LogP contribution in [0.15, 0.2) is 6.07 Å². The Hall–Kier alpha value is -1.40. The topological polar surface area (TPSA) is 56.6 Å². The zero-order valence-corrected chi connectivity index (χ0v) is 15.7. The molecule has 0 N–H and O–H groups in total. The highest BCUT2D eigenvalue weighted by atomic mass is 16.5. The fourth-order valence-electron chi connectivity index (χ4n) is 3.87. The molecule has 2 aliphatic rings. The van der Waals surface area contributed by atoms with Crippen molar-refractivity contribution in [1.82, 2.24) is 14.7 Å². The molecular weight excluding hydrogens is 318 g/mol. The molecule has 6 heteroatoms. The number of carbonyl (C=O) groups is 1. The minimum Gasteiger partial charge on any atom is -0.376 e. The summed E-state index contributed by atoms with van der Waals surface area (Å²) in [6.07, 6.45) is 5.17. The third-order valence-electron chi connectivity index (χ3n) is 5.30. The number of amides is 1. The van der Waals surface area contributed by atoms with Crippen LogP contribution in [0, 0.1) is 13.8 Å². The molecule has 0 bridgehead atoms. The summed E-state index contributed by atoms with van der Waals surface area (Å²) in [7, 11) is 0. The van der Waals surface area contributed by atoms with Crippen LogP contribution in [-0.4, -0.2) is 58.6 Å². The Morgan fingerprint density at radius 1 is 1.36 bits per heavy atom. The monoisotopic (exact) mass is 349 g/mol. The first-order chi connectivity index (χ1) is 12.0. The van der Waals surface area contributed by atoms with Crippen molar-refractivity contribution in [3.8, 4) is 0 Å². The van der Waals surface area contributed by atoms with Crippen LogP contribution in [0.1, 0.15) is 50.4 Å². The Morgan fingerprint density at radius 3 is 2.88 bits per heavy atom. The van der Waals surface area contributed by atoms with E-state index in [4.69, 9.17) is 9.47 Å². The first-order valence-electron chi connectivity index (χ1n) is 9.59. The normalized spacial score (nSPS) is 25.3. The van der Waals surface area contributed by atoms with Crippen LogP contribution in [0.4, 0.5) is 0 Å². The van der Waals surface area contributed by atoms with Gasteiger partial charge in [0.15, 0.2) is 0 Å². The Balaban J connectivity index is 1.53. The molecule has 1 amide bonds. The molecule has 3 heterocycles. The second-order valence-corrected chi connectivity index (χ2v) is 7.40. The van der Waals surface area contributed by atoms with Gasteiger partial charge in [0, 0.05) is 18.8 Å². The number of carbonyl (C=O) groups excluding carboxylic acids is 1. The Morgan fingerprint density at radius 2 is 2.20 bits per heavy atom. The van der Waals surface area contributed by atoms with Gasteiger partial charge >= 0.3 is 0 Å². The standard InChI is InChI=1S/C19H31N3O3/c1-14-11-15(2)22(20-14)12-17-7-6-9-21(17)19(23)16(3)25-13-18-8-4-5-10-24-18/h11,16-18H,4-10,12-13H2,1-3H3. The van der Waals surface area contributed by atoms with Gasteiger partial charge in [0.25, 0.3) is 5.91 Å². The van der Waals surface area contributed by atoms with Gasteiger partial charge in [-0.15, -0.1) is 0 Å². The van der Waals surface area contributed by atoms with Crippen molar-refractivity contribution < 1.29 is 14.3 Å². The molecule has 2 saturated heterocycles. The molecule has 0 spiro atoms. The van der Waals surface area contributed by atoms with E-state index in [2.05, 4.69) is 18.1 Å². The quantitative estimate of drug-likeness (QED) is 0.792. The Kier molecular flexibility index (Phi) is 6.12. The van der Waals surface area contributed by atoms with Gasteiger partial charge in [0.1, 0.15) is 6.10 Å². The number of aryl methyl sites for hydroxylation is 2. The fraction of sp³-hybridized carbons (Fsp3) is 0.789. The minimum atomic E-state index is -0.411. The number of rotatable bonds is 6. The van der Waals surface area contributed by atoms with E-state index in [1.165, 1.54) is 6.42 Å². The molecule has 3 unspecified atom stereocenters. The van der Waals surface area contributed by atoms with Crippen molar-refractivity contribution in [3.05, 3.63) is 17.5 Å². The maximum Gasteiger partial charge on any atom is 0.251 e. The summed E-state index contributed by atoms with van der Waals surface area (Å²) in [6.45, 7) is 8.85. The lowest BCUT2D eigenvalue weighted by Crippen LogP contribution is -2.44. The molecule has 0 radical (unpaired) electrons. The van der Waals surface area contributed by atoms with Gasteiger partial charge in [-0.25, -0.2) is 0 Å². The van der Waals surface area contributed by atoms with Crippen molar-refractivity contribution in [1.29, 1.82) is 0 Å². The minimum absolute atomic E-state index is 0.0971. The zero-order chi connectivity index (χ0) is 17.8. The van der Waals surface area contributed by atoms with Gasteiger partial charge in [-0.3, -0.25) is 9.48 Å². The van der Waals surface area contributed by atoms with E-state index in [0.29, 0.717) is 6.61 Å². The summed E-state index contributed by atoms with van der Waals surface area (Å²) < 4.78 is 13.6. The maximum absolute atomic E-state index is 12.8. The lowest BCUT2D eigenvalue weighted by molar-refractivity contribution is -0.147. The molecule has 6 nitrogen and oxygen atoms in total. The van der Waals surface area contributed by atoms with Gasteiger partial charge in [0.2, 0.25) is 0 Å². The summed E-state index contributed by atoms with van der Waals surface area (Å²) >= 11 is 0. The molecule has 140 valence electrons. The number of aromatic nitrogens is 2. The van der Waals surface area contributed by atoms with Crippen LogP contribution >= 0.6 is 0 Å². The van der Waals surface area contributed by atoms with E-state index in [9.17, 15) is 4.79 Å². The van der Waals surface area contributed by atoms with Crippen molar-refractivity contribution in [3.63, 3.8) is 0 Å². The van der Waals surface area contributed by atoms with Crippen molar-refractivity contribution in [2.75, 3.05) is 19.8 Å². The predicted octanol–water partition coefficient (Wildman–Crippen LogP) is 2.47. The molecule has 1 aromatic heterocycles. The lowest BCUT2D eigenvalue weighted by Gasteiger charge is -2.29. The van der Waals surface area contributed by atoms with Gasteiger partial charge in [0.05, 0.1) is 31.0 Å². The van der Waals surface area contributed by atoms with Crippen LogP contribution in [0.3, 0.4) is 0 Å². The summed E-state index contributed by atoms with van der Waals surface area (Å²) in [5, 5.41) is 4.54. The predicted molar refractivity (Wildman–Crippen MR) is 95.4 cm³/mol. The second kappa shape index (κ2) is 8.32. The molecule has 0 saturated carbocycles. The van der Waals surface area contributed by atoms with E-state index >= 15 is 0 Å². The lowest BCUT2D eigenvalue weighted by atomic mass is 10.1. The van der Waals surface area contributed by atoms with Crippen LogP contribution in [-0.2, 0) is 20.8 Å². The first kappa shape index (κ1) is 18.4. The Bertz CT molecular complexity index is 580. The highest BCUT2D eigenvalue weighted by molar-refractivity contribution is 5.81. The molecule has 25 heavy (non-hydrogen) atoms. The van der Waals surface area contributed by atoms with E-state index in [1.54, 1.807) is 0 Å². The summed E-state index contributed by atoms with van der Waals surface area (Å²) in [6, 6.07) is 2.29. The highest BCUT2D eigenvalue weighted by Gasteiger charge is 2.32. The molecule has 2 fully saturated rings.